The van der Waals surface area contributed by atoms with Crippen LogP contribution in [0, 0.1) is 32.1 Å². The Labute approximate surface area is 161 Å². The lowest BCUT2D eigenvalue weighted by Gasteiger charge is -2.18. The summed E-state index contributed by atoms with van der Waals surface area (Å²) in [5, 5.41) is 7.90. The first-order chi connectivity index (χ1) is 12.9. The minimum Gasteiger partial charge on any atom is -0.492 e. The average molecular weight is 361 g/mol. The minimum absolute atomic E-state index is 0.0474. The fourth-order valence-corrected chi connectivity index (χ4v) is 4.06. The number of ketones is 1. The maximum atomic E-state index is 13.0. The second kappa shape index (κ2) is 7.91. The first-order valence-electron chi connectivity index (χ1n) is 9.43. The molecule has 0 saturated carbocycles. The quantitative estimate of drug-likeness (QED) is 0.685. The molecular weight excluding hydrogens is 334 g/mol. The smallest absolute Gasteiger partial charge is 0.167 e. The standard InChI is InChI=1S/C24H27NO2/c1-15-10-16(2)22(17(3)11-15)23-21(26)13-20(12-18(4)25)24(23)27-14-19-8-6-5-7-9-19/h5-11,20,25H,12-14H2,1-4H3. The number of nitrogens with one attached hydrogen (secondary N) is 1. The van der Waals surface area contributed by atoms with Crippen molar-refractivity contribution in [3.05, 3.63) is 76.0 Å². The maximum Gasteiger partial charge on any atom is 0.167 e. The van der Waals surface area contributed by atoms with Gasteiger partial charge in [0, 0.05) is 18.1 Å². The maximum absolute atomic E-state index is 13.0. The van der Waals surface area contributed by atoms with E-state index in [1.54, 1.807) is 6.92 Å². The number of rotatable bonds is 6. The highest BCUT2D eigenvalue weighted by atomic mass is 16.5. The number of aryl methyl sites for hydroxylation is 3. The van der Waals surface area contributed by atoms with E-state index in [9.17, 15) is 4.79 Å². The molecule has 0 spiro atoms. The number of carbonyl (C=O) groups excluding carboxylic acids is 1. The zero-order valence-corrected chi connectivity index (χ0v) is 16.6. The van der Waals surface area contributed by atoms with Crippen molar-refractivity contribution in [2.75, 3.05) is 0 Å². The number of hydrogen-bond acceptors (Lipinski definition) is 3. The van der Waals surface area contributed by atoms with Crippen molar-refractivity contribution in [1.29, 1.82) is 5.41 Å². The van der Waals surface area contributed by atoms with Crippen LogP contribution in [0.5, 0.6) is 0 Å². The normalized spacial score (nSPS) is 16.7. The molecule has 1 aliphatic carbocycles. The van der Waals surface area contributed by atoms with Crippen LogP contribution >= 0.6 is 0 Å². The van der Waals surface area contributed by atoms with Crippen molar-refractivity contribution in [3.8, 4) is 0 Å². The Hall–Kier alpha value is -2.68. The van der Waals surface area contributed by atoms with Gasteiger partial charge >= 0.3 is 0 Å². The zero-order chi connectivity index (χ0) is 19.6. The monoisotopic (exact) mass is 361 g/mol. The molecule has 3 heteroatoms. The molecule has 27 heavy (non-hydrogen) atoms. The molecule has 0 aliphatic heterocycles. The predicted octanol–water partition coefficient (Wildman–Crippen LogP) is 5.56. The minimum atomic E-state index is -0.0474. The van der Waals surface area contributed by atoms with Crippen LogP contribution in [0.2, 0.25) is 0 Å². The lowest BCUT2D eigenvalue weighted by molar-refractivity contribution is -0.113. The molecule has 0 fully saturated rings. The van der Waals surface area contributed by atoms with Gasteiger partial charge in [0.25, 0.3) is 0 Å². The number of benzene rings is 2. The van der Waals surface area contributed by atoms with Crippen LogP contribution in [0.4, 0.5) is 0 Å². The third-order valence-electron chi connectivity index (χ3n) is 5.04. The van der Waals surface area contributed by atoms with E-state index in [1.165, 1.54) is 5.56 Å². The summed E-state index contributed by atoms with van der Waals surface area (Å²) in [5.74, 6) is 0.832. The van der Waals surface area contributed by atoms with Gasteiger partial charge in [0.2, 0.25) is 0 Å². The molecule has 0 bridgehead atoms. The lowest BCUT2D eigenvalue weighted by atomic mass is 9.92. The Morgan fingerprint density at radius 3 is 2.33 bits per heavy atom. The summed E-state index contributed by atoms with van der Waals surface area (Å²) in [4.78, 5) is 13.0. The molecule has 0 aromatic heterocycles. The summed E-state index contributed by atoms with van der Waals surface area (Å²) in [6, 6.07) is 14.2. The van der Waals surface area contributed by atoms with Crippen LogP contribution in [-0.4, -0.2) is 11.5 Å². The van der Waals surface area contributed by atoms with E-state index in [0.717, 1.165) is 28.0 Å². The van der Waals surface area contributed by atoms with Gasteiger partial charge in [0.05, 0.1) is 5.57 Å². The third kappa shape index (κ3) is 4.19. The second-order valence-corrected chi connectivity index (χ2v) is 7.60. The lowest BCUT2D eigenvalue weighted by Crippen LogP contribution is -2.08. The first-order valence-corrected chi connectivity index (χ1v) is 9.43. The molecular formula is C24H27NO2. The summed E-state index contributed by atoms with van der Waals surface area (Å²) in [7, 11) is 0. The first kappa shape index (κ1) is 19.1. The van der Waals surface area contributed by atoms with Crippen molar-refractivity contribution in [2.24, 2.45) is 5.92 Å². The Bertz CT molecular complexity index is 886. The van der Waals surface area contributed by atoms with Crippen LogP contribution in [0.25, 0.3) is 5.57 Å². The van der Waals surface area contributed by atoms with Gasteiger partial charge in [-0.05, 0) is 56.4 Å². The molecule has 3 nitrogen and oxygen atoms in total. The number of Topliss-reactive ketones (excluding diaryl/α,β-unsaturated/α-hetero) is 1. The Morgan fingerprint density at radius 1 is 1.11 bits per heavy atom. The number of hydrogen-bond donors (Lipinski definition) is 1. The summed E-state index contributed by atoms with van der Waals surface area (Å²) >= 11 is 0. The molecule has 3 rings (SSSR count). The van der Waals surface area contributed by atoms with Crippen LogP contribution in [-0.2, 0) is 16.1 Å². The van der Waals surface area contributed by atoms with Gasteiger partial charge in [-0.25, -0.2) is 0 Å². The van der Waals surface area contributed by atoms with Crippen molar-refractivity contribution in [1.82, 2.24) is 0 Å². The Kier molecular flexibility index (Phi) is 5.59. The molecule has 0 radical (unpaired) electrons. The van der Waals surface area contributed by atoms with E-state index >= 15 is 0 Å². The number of carbonyl (C=O) groups is 1. The predicted molar refractivity (Wildman–Crippen MR) is 110 cm³/mol. The van der Waals surface area contributed by atoms with Crippen molar-refractivity contribution < 1.29 is 9.53 Å². The largest absolute Gasteiger partial charge is 0.492 e. The number of ether oxygens (including phenoxy) is 1. The Balaban J connectivity index is 2.05. The Morgan fingerprint density at radius 2 is 1.74 bits per heavy atom. The van der Waals surface area contributed by atoms with E-state index in [2.05, 4.69) is 32.9 Å². The van der Waals surface area contributed by atoms with Crippen molar-refractivity contribution in [2.45, 2.75) is 47.1 Å². The summed E-state index contributed by atoms with van der Waals surface area (Å²) in [6.45, 7) is 8.41. The molecule has 0 saturated heterocycles. The second-order valence-electron chi connectivity index (χ2n) is 7.60. The van der Waals surface area contributed by atoms with E-state index in [0.29, 0.717) is 30.7 Å². The van der Waals surface area contributed by atoms with Crippen molar-refractivity contribution in [3.63, 3.8) is 0 Å². The molecule has 140 valence electrons. The molecule has 1 N–H and O–H groups in total. The summed E-state index contributed by atoms with van der Waals surface area (Å²) < 4.78 is 6.24. The van der Waals surface area contributed by atoms with Crippen LogP contribution in [0.1, 0.15) is 47.6 Å². The fraction of sp³-hybridized carbons (Fsp3) is 0.333. The van der Waals surface area contributed by atoms with Crippen LogP contribution in [0.3, 0.4) is 0 Å². The topological polar surface area (TPSA) is 50.2 Å². The molecule has 1 atom stereocenters. The molecule has 0 amide bonds. The van der Waals surface area contributed by atoms with Crippen LogP contribution < -0.4 is 0 Å². The van der Waals surface area contributed by atoms with E-state index in [4.69, 9.17) is 10.1 Å². The summed E-state index contributed by atoms with van der Waals surface area (Å²) in [6.07, 6.45) is 0.978. The van der Waals surface area contributed by atoms with Gasteiger partial charge in [-0.1, -0.05) is 48.0 Å². The van der Waals surface area contributed by atoms with Crippen LogP contribution in [0.15, 0.2) is 48.2 Å². The highest BCUT2D eigenvalue weighted by molar-refractivity contribution is 6.24. The molecule has 2 aromatic rings. The third-order valence-corrected chi connectivity index (χ3v) is 5.04. The van der Waals surface area contributed by atoms with Gasteiger partial charge in [0.15, 0.2) is 5.78 Å². The van der Waals surface area contributed by atoms with Gasteiger partial charge in [0.1, 0.15) is 12.4 Å². The molecule has 0 heterocycles. The van der Waals surface area contributed by atoms with Gasteiger partial charge in [-0.3, -0.25) is 4.79 Å². The van der Waals surface area contributed by atoms with Gasteiger partial charge in [-0.15, -0.1) is 0 Å². The van der Waals surface area contributed by atoms with E-state index in [-0.39, 0.29) is 11.7 Å². The highest BCUT2D eigenvalue weighted by Gasteiger charge is 2.36. The molecule has 1 unspecified atom stereocenters. The zero-order valence-electron chi connectivity index (χ0n) is 16.6. The van der Waals surface area contributed by atoms with Gasteiger partial charge < -0.3 is 10.1 Å². The highest BCUT2D eigenvalue weighted by Crippen LogP contribution is 2.41. The summed E-state index contributed by atoms with van der Waals surface area (Å²) in [5.41, 5.74) is 6.76. The fourth-order valence-electron chi connectivity index (χ4n) is 4.06. The van der Waals surface area contributed by atoms with E-state index < -0.39 is 0 Å². The van der Waals surface area contributed by atoms with Crippen molar-refractivity contribution >= 4 is 17.1 Å². The molecule has 1 aliphatic rings. The number of allylic oxidation sites excluding steroid dienone is 2. The van der Waals surface area contributed by atoms with E-state index in [1.807, 2.05) is 30.3 Å². The van der Waals surface area contributed by atoms with Gasteiger partial charge in [-0.2, -0.15) is 0 Å². The molecule has 2 aromatic carbocycles. The SMILES string of the molecule is CC(=N)CC1CC(=O)C(c2c(C)cc(C)cc2C)=C1OCc1ccccc1. The average Bonchev–Trinajstić information content (AvgIpc) is 2.88.